The molecule has 0 bridgehead atoms. The van der Waals surface area contributed by atoms with E-state index in [9.17, 15) is 14.7 Å². The average Bonchev–Trinajstić information content (AvgIpc) is 3.02. The molecule has 1 saturated carbocycles. The number of carboxylic acids is 1. The summed E-state index contributed by atoms with van der Waals surface area (Å²) in [6.45, 7) is 0.591. The van der Waals surface area contributed by atoms with Crippen LogP contribution in [0.25, 0.3) is 11.0 Å². The SMILES string of the molecule is O=C(O)c1cccc2[nH]c(=O)n(CCC3CCCC3)c12. The first-order valence-electron chi connectivity index (χ1n) is 7.11. The van der Waals surface area contributed by atoms with Crippen molar-refractivity contribution in [3.63, 3.8) is 0 Å². The second-order valence-corrected chi connectivity index (χ2v) is 5.53. The first-order chi connectivity index (χ1) is 9.66. The summed E-state index contributed by atoms with van der Waals surface area (Å²) in [4.78, 5) is 26.1. The fourth-order valence-corrected chi connectivity index (χ4v) is 3.22. The Morgan fingerprint density at radius 1 is 1.35 bits per heavy atom. The molecule has 1 aliphatic rings. The van der Waals surface area contributed by atoms with Crippen molar-refractivity contribution in [2.75, 3.05) is 0 Å². The summed E-state index contributed by atoms with van der Waals surface area (Å²) < 4.78 is 1.58. The highest BCUT2D eigenvalue weighted by atomic mass is 16.4. The monoisotopic (exact) mass is 274 g/mol. The second kappa shape index (κ2) is 5.15. The molecular weight excluding hydrogens is 256 g/mol. The minimum Gasteiger partial charge on any atom is -0.478 e. The average molecular weight is 274 g/mol. The minimum absolute atomic E-state index is 0.187. The number of H-pyrrole nitrogens is 1. The van der Waals surface area contributed by atoms with Crippen LogP contribution in [0.5, 0.6) is 0 Å². The van der Waals surface area contributed by atoms with Crippen LogP contribution in [-0.4, -0.2) is 20.6 Å². The minimum atomic E-state index is -0.996. The lowest BCUT2D eigenvalue weighted by atomic mass is 10.0. The van der Waals surface area contributed by atoms with E-state index in [-0.39, 0.29) is 11.3 Å². The van der Waals surface area contributed by atoms with Crippen LogP contribution in [0.3, 0.4) is 0 Å². The number of carboxylic acid groups (broad SMARTS) is 1. The molecule has 20 heavy (non-hydrogen) atoms. The molecule has 5 heteroatoms. The predicted octanol–water partition coefficient (Wildman–Crippen LogP) is 2.61. The van der Waals surface area contributed by atoms with E-state index in [0.717, 1.165) is 6.42 Å². The molecule has 0 radical (unpaired) electrons. The quantitative estimate of drug-likeness (QED) is 0.899. The number of aromatic carboxylic acids is 1. The summed E-state index contributed by atoms with van der Waals surface area (Å²) in [7, 11) is 0. The summed E-state index contributed by atoms with van der Waals surface area (Å²) in [5.41, 5.74) is 1.09. The number of aromatic amines is 1. The van der Waals surface area contributed by atoms with Crippen molar-refractivity contribution in [2.24, 2.45) is 5.92 Å². The number of nitrogens with zero attached hydrogens (tertiary/aromatic N) is 1. The molecule has 5 nitrogen and oxygen atoms in total. The van der Waals surface area contributed by atoms with Gasteiger partial charge in [-0.05, 0) is 24.5 Å². The molecule has 0 unspecified atom stereocenters. The summed E-state index contributed by atoms with van der Waals surface area (Å²) in [6, 6.07) is 4.95. The van der Waals surface area contributed by atoms with Gasteiger partial charge in [-0.1, -0.05) is 31.7 Å². The van der Waals surface area contributed by atoms with Crippen molar-refractivity contribution in [3.05, 3.63) is 34.2 Å². The van der Waals surface area contributed by atoms with Gasteiger partial charge in [0.2, 0.25) is 0 Å². The molecule has 0 amide bonds. The lowest BCUT2D eigenvalue weighted by Crippen LogP contribution is -2.19. The number of carbonyl (C=O) groups is 1. The van der Waals surface area contributed by atoms with Crippen LogP contribution in [0, 0.1) is 5.92 Å². The number of fused-ring (bicyclic) bond motifs is 1. The molecular formula is C15H18N2O3. The molecule has 0 atom stereocenters. The first-order valence-corrected chi connectivity index (χ1v) is 7.11. The number of aryl methyl sites for hydroxylation is 1. The van der Waals surface area contributed by atoms with Gasteiger partial charge in [-0.2, -0.15) is 0 Å². The van der Waals surface area contributed by atoms with Gasteiger partial charge in [-0.25, -0.2) is 9.59 Å². The van der Waals surface area contributed by atoms with Gasteiger partial charge in [0.1, 0.15) is 0 Å². The smallest absolute Gasteiger partial charge is 0.337 e. The number of benzene rings is 1. The van der Waals surface area contributed by atoms with Gasteiger partial charge in [0, 0.05) is 6.54 Å². The maximum atomic E-state index is 12.0. The number of hydrogen-bond acceptors (Lipinski definition) is 2. The fourth-order valence-electron chi connectivity index (χ4n) is 3.22. The summed E-state index contributed by atoms with van der Waals surface area (Å²) in [5, 5.41) is 9.27. The molecule has 106 valence electrons. The van der Waals surface area contributed by atoms with E-state index in [4.69, 9.17) is 0 Å². The van der Waals surface area contributed by atoms with Crippen molar-refractivity contribution in [3.8, 4) is 0 Å². The zero-order chi connectivity index (χ0) is 14.1. The van der Waals surface area contributed by atoms with E-state index >= 15 is 0 Å². The number of nitrogens with one attached hydrogen (secondary N) is 1. The first kappa shape index (κ1) is 13.0. The Kier molecular flexibility index (Phi) is 3.34. The Labute approximate surface area is 116 Å². The Morgan fingerprint density at radius 2 is 2.10 bits per heavy atom. The van der Waals surface area contributed by atoms with E-state index in [0.29, 0.717) is 23.5 Å². The van der Waals surface area contributed by atoms with Gasteiger partial charge in [0.15, 0.2) is 0 Å². The summed E-state index contributed by atoms with van der Waals surface area (Å²) in [5.74, 6) is -0.326. The van der Waals surface area contributed by atoms with E-state index in [1.807, 2.05) is 0 Å². The van der Waals surface area contributed by atoms with Crippen molar-refractivity contribution in [2.45, 2.75) is 38.6 Å². The van der Waals surface area contributed by atoms with E-state index in [1.54, 1.807) is 22.8 Å². The molecule has 0 spiro atoms. The second-order valence-electron chi connectivity index (χ2n) is 5.53. The van der Waals surface area contributed by atoms with Crippen molar-refractivity contribution < 1.29 is 9.90 Å². The number of rotatable bonds is 4. The van der Waals surface area contributed by atoms with E-state index in [2.05, 4.69) is 4.98 Å². The maximum Gasteiger partial charge on any atom is 0.337 e. The third-order valence-electron chi connectivity index (χ3n) is 4.26. The number of para-hydroxylation sites is 1. The maximum absolute atomic E-state index is 12.0. The molecule has 3 rings (SSSR count). The highest BCUT2D eigenvalue weighted by Crippen LogP contribution is 2.28. The fraction of sp³-hybridized carbons (Fsp3) is 0.467. The third-order valence-corrected chi connectivity index (χ3v) is 4.26. The van der Waals surface area contributed by atoms with Crippen LogP contribution in [-0.2, 0) is 6.54 Å². The lowest BCUT2D eigenvalue weighted by Gasteiger charge is -2.10. The number of aromatic nitrogens is 2. The van der Waals surface area contributed by atoms with Gasteiger partial charge >= 0.3 is 11.7 Å². The molecule has 1 aliphatic carbocycles. The van der Waals surface area contributed by atoms with Gasteiger partial charge in [-0.3, -0.25) is 4.57 Å². The highest BCUT2D eigenvalue weighted by molar-refractivity contribution is 6.01. The Morgan fingerprint density at radius 3 is 2.80 bits per heavy atom. The van der Waals surface area contributed by atoms with E-state index in [1.165, 1.54) is 25.7 Å². The Hall–Kier alpha value is -2.04. The zero-order valence-electron chi connectivity index (χ0n) is 11.3. The lowest BCUT2D eigenvalue weighted by molar-refractivity contribution is 0.0698. The van der Waals surface area contributed by atoms with Gasteiger partial charge in [0.25, 0.3) is 0 Å². The normalized spacial score (nSPS) is 16.0. The molecule has 1 aromatic heterocycles. The number of imidazole rings is 1. The van der Waals surface area contributed by atoms with Crippen molar-refractivity contribution in [1.82, 2.24) is 9.55 Å². The molecule has 2 N–H and O–H groups in total. The van der Waals surface area contributed by atoms with Crippen molar-refractivity contribution in [1.29, 1.82) is 0 Å². The van der Waals surface area contributed by atoms with Crippen LogP contribution in [0.15, 0.2) is 23.0 Å². The van der Waals surface area contributed by atoms with E-state index < -0.39 is 5.97 Å². The zero-order valence-corrected chi connectivity index (χ0v) is 11.3. The molecule has 0 saturated heterocycles. The van der Waals surface area contributed by atoms with Crippen LogP contribution in [0.1, 0.15) is 42.5 Å². The predicted molar refractivity (Wildman–Crippen MR) is 76.1 cm³/mol. The topological polar surface area (TPSA) is 75.1 Å². The molecule has 0 aliphatic heterocycles. The van der Waals surface area contributed by atoms with Crippen molar-refractivity contribution >= 4 is 17.0 Å². The summed E-state index contributed by atoms with van der Waals surface area (Å²) in [6.07, 6.45) is 5.94. The van der Waals surface area contributed by atoms with Gasteiger partial charge < -0.3 is 10.1 Å². The standard InChI is InChI=1S/C15H18N2O3/c18-14(19)11-6-3-7-12-13(11)17(15(20)16-12)9-8-10-4-1-2-5-10/h3,6-7,10H,1-2,4-5,8-9H2,(H,16,20)(H,18,19). The molecule has 1 fully saturated rings. The van der Waals surface area contributed by atoms with Crippen LogP contribution >= 0.6 is 0 Å². The van der Waals surface area contributed by atoms with Crippen LogP contribution in [0.2, 0.25) is 0 Å². The van der Waals surface area contributed by atoms with Crippen LogP contribution < -0.4 is 5.69 Å². The molecule has 1 heterocycles. The Balaban J connectivity index is 1.98. The highest BCUT2D eigenvalue weighted by Gasteiger charge is 2.18. The third kappa shape index (κ3) is 2.24. The largest absolute Gasteiger partial charge is 0.478 e. The molecule has 2 aromatic rings. The molecule has 1 aromatic carbocycles. The number of hydrogen-bond donors (Lipinski definition) is 2. The summed E-state index contributed by atoms with van der Waals surface area (Å²) >= 11 is 0. The Bertz CT molecular complexity index is 693. The van der Waals surface area contributed by atoms with Gasteiger partial charge in [-0.15, -0.1) is 0 Å². The van der Waals surface area contributed by atoms with Crippen LogP contribution in [0.4, 0.5) is 0 Å². The van der Waals surface area contributed by atoms with Gasteiger partial charge in [0.05, 0.1) is 16.6 Å².